The standard InChI is InChI=1S/C21H29N3O4/c1-4-24-18-11-10-15(22-23-17-8-6-5-7-9-19(17)25)12-16(18)21(13-27-2,14-28-3)20(24)26/h8,10-12,22-23H,4-7,9,13-14H2,1-3H3. The highest BCUT2D eigenvalue weighted by Crippen LogP contribution is 2.43. The third-order valence-electron chi connectivity index (χ3n) is 5.40. The molecule has 0 spiro atoms. The number of ketones is 1. The molecule has 152 valence electrons. The number of rotatable bonds is 8. The van der Waals surface area contributed by atoms with Crippen molar-refractivity contribution in [1.82, 2.24) is 5.43 Å². The molecule has 2 N–H and O–H groups in total. The molecule has 3 rings (SSSR count). The molecule has 0 saturated carbocycles. The van der Waals surface area contributed by atoms with Crippen molar-refractivity contribution in [2.24, 2.45) is 0 Å². The lowest BCUT2D eigenvalue weighted by molar-refractivity contribution is -0.127. The molecule has 0 radical (unpaired) electrons. The maximum Gasteiger partial charge on any atom is 0.242 e. The van der Waals surface area contributed by atoms with Crippen LogP contribution in [0.1, 0.15) is 38.2 Å². The van der Waals surface area contributed by atoms with Crippen LogP contribution in [-0.4, -0.2) is 45.7 Å². The van der Waals surface area contributed by atoms with E-state index in [9.17, 15) is 9.59 Å². The second kappa shape index (κ2) is 8.75. The highest BCUT2D eigenvalue weighted by molar-refractivity contribution is 6.08. The van der Waals surface area contributed by atoms with Crippen LogP contribution in [0.4, 0.5) is 11.4 Å². The van der Waals surface area contributed by atoms with Crippen LogP contribution >= 0.6 is 0 Å². The Balaban J connectivity index is 1.89. The SMILES string of the molecule is CCN1C(=O)C(COC)(COC)c2cc(NNC3=CCCCCC3=O)ccc21. The topological polar surface area (TPSA) is 79.9 Å². The van der Waals surface area contributed by atoms with Crippen molar-refractivity contribution in [2.45, 2.75) is 38.0 Å². The van der Waals surface area contributed by atoms with Crippen LogP contribution in [0.25, 0.3) is 0 Å². The quantitative estimate of drug-likeness (QED) is 0.668. The smallest absolute Gasteiger partial charge is 0.242 e. The first-order valence-corrected chi connectivity index (χ1v) is 9.77. The van der Waals surface area contributed by atoms with Crippen LogP contribution in [0.2, 0.25) is 0 Å². The van der Waals surface area contributed by atoms with Crippen LogP contribution in [0, 0.1) is 0 Å². The van der Waals surface area contributed by atoms with Crippen molar-refractivity contribution in [2.75, 3.05) is 44.3 Å². The van der Waals surface area contributed by atoms with Crippen molar-refractivity contribution < 1.29 is 19.1 Å². The van der Waals surface area contributed by atoms with E-state index in [1.807, 2.05) is 31.2 Å². The number of carbonyl (C=O) groups excluding carboxylic acids is 2. The Kier molecular flexibility index (Phi) is 6.36. The normalized spacial score (nSPS) is 18.5. The monoisotopic (exact) mass is 387 g/mol. The zero-order valence-electron chi connectivity index (χ0n) is 16.8. The van der Waals surface area contributed by atoms with Gasteiger partial charge in [0.15, 0.2) is 5.78 Å². The second-order valence-electron chi connectivity index (χ2n) is 7.27. The number of carbonyl (C=O) groups is 2. The summed E-state index contributed by atoms with van der Waals surface area (Å²) in [5.74, 6) is 0.104. The molecule has 1 heterocycles. The van der Waals surface area contributed by atoms with Gasteiger partial charge in [0, 0.05) is 32.9 Å². The Morgan fingerprint density at radius 1 is 1.11 bits per heavy atom. The summed E-state index contributed by atoms with van der Waals surface area (Å²) in [6.45, 7) is 3.01. The molecule has 0 aromatic heterocycles. The number of likely N-dealkylation sites (N-methyl/N-ethyl adjacent to an activating group) is 1. The minimum absolute atomic E-state index is 0.0135. The van der Waals surface area contributed by atoms with E-state index in [1.54, 1.807) is 19.1 Å². The van der Waals surface area contributed by atoms with E-state index in [0.717, 1.165) is 36.2 Å². The highest BCUT2D eigenvalue weighted by atomic mass is 16.5. The number of nitrogens with zero attached hydrogens (tertiary/aromatic N) is 1. The maximum atomic E-state index is 13.2. The number of hydrazine groups is 1. The minimum Gasteiger partial charge on any atom is -0.383 e. The molecule has 7 heteroatoms. The summed E-state index contributed by atoms with van der Waals surface area (Å²) in [5, 5.41) is 0. The summed E-state index contributed by atoms with van der Waals surface area (Å²) in [6.07, 6.45) is 5.35. The van der Waals surface area contributed by atoms with Crippen molar-refractivity contribution >= 4 is 23.1 Å². The minimum atomic E-state index is -0.871. The Bertz CT molecular complexity index is 769. The van der Waals surface area contributed by atoms with Crippen molar-refractivity contribution in [3.05, 3.63) is 35.5 Å². The number of fused-ring (bicyclic) bond motifs is 1. The van der Waals surface area contributed by atoms with Gasteiger partial charge in [-0.25, -0.2) is 0 Å². The summed E-state index contributed by atoms with van der Waals surface area (Å²) in [5.41, 5.74) is 8.42. The molecule has 1 aliphatic heterocycles. The van der Waals surface area contributed by atoms with Gasteiger partial charge in [0.05, 0.1) is 24.6 Å². The number of methoxy groups -OCH3 is 2. The number of allylic oxidation sites excluding steroid dienone is 2. The molecule has 0 saturated heterocycles. The third kappa shape index (κ3) is 3.64. The van der Waals surface area contributed by atoms with Crippen LogP contribution in [-0.2, 0) is 24.5 Å². The second-order valence-corrected chi connectivity index (χ2v) is 7.27. The Morgan fingerprint density at radius 2 is 1.86 bits per heavy atom. The predicted octanol–water partition coefficient (Wildman–Crippen LogP) is 2.53. The van der Waals surface area contributed by atoms with Gasteiger partial charge in [0.2, 0.25) is 5.91 Å². The lowest BCUT2D eigenvalue weighted by Gasteiger charge is -2.27. The molecular formula is C21H29N3O4. The molecule has 28 heavy (non-hydrogen) atoms. The van der Waals surface area contributed by atoms with Gasteiger partial charge in [0.25, 0.3) is 0 Å². The number of hydrogen-bond acceptors (Lipinski definition) is 6. The van der Waals surface area contributed by atoms with E-state index < -0.39 is 5.41 Å². The summed E-state index contributed by atoms with van der Waals surface area (Å²) < 4.78 is 10.8. The molecule has 1 aromatic rings. The zero-order valence-corrected chi connectivity index (χ0v) is 16.8. The van der Waals surface area contributed by atoms with Gasteiger partial charge < -0.3 is 19.8 Å². The van der Waals surface area contributed by atoms with E-state index in [1.165, 1.54) is 0 Å². The fourth-order valence-corrected chi connectivity index (χ4v) is 4.03. The first-order valence-electron chi connectivity index (χ1n) is 9.77. The summed E-state index contributed by atoms with van der Waals surface area (Å²) >= 11 is 0. The Hall–Kier alpha value is -2.38. The van der Waals surface area contributed by atoms with E-state index in [0.29, 0.717) is 18.7 Å². The van der Waals surface area contributed by atoms with Crippen LogP contribution in [0.3, 0.4) is 0 Å². The number of anilines is 2. The molecule has 2 aliphatic rings. The molecule has 1 aliphatic carbocycles. The first-order chi connectivity index (χ1) is 13.6. The number of nitrogens with one attached hydrogen (secondary N) is 2. The molecule has 0 fully saturated rings. The number of ether oxygens (including phenoxy) is 2. The van der Waals surface area contributed by atoms with Gasteiger partial charge in [-0.2, -0.15) is 0 Å². The van der Waals surface area contributed by atoms with E-state index in [4.69, 9.17) is 9.47 Å². The molecule has 1 amide bonds. The Morgan fingerprint density at radius 3 is 2.54 bits per heavy atom. The van der Waals surface area contributed by atoms with Crippen molar-refractivity contribution in [3.63, 3.8) is 0 Å². The first kappa shape index (κ1) is 20.4. The zero-order chi connectivity index (χ0) is 20.1. The number of Topliss-reactive ketones (excluding diaryl/α,β-unsaturated/α-hetero) is 1. The van der Waals surface area contributed by atoms with Crippen LogP contribution in [0.5, 0.6) is 0 Å². The summed E-state index contributed by atoms with van der Waals surface area (Å²) in [7, 11) is 3.18. The molecule has 0 atom stereocenters. The molecule has 1 aromatic carbocycles. The van der Waals surface area contributed by atoms with E-state index >= 15 is 0 Å². The average molecular weight is 387 g/mol. The molecule has 0 bridgehead atoms. The van der Waals surface area contributed by atoms with Crippen molar-refractivity contribution in [1.29, 1.82) is 0 Å². The highest BCUT2D eigenvalue weighted by Gasteiger charge is 2.51. The fourth-order valence-electron chi connectivity index (χ4n) is 4.03. The fraction of sp³-hybridized carbons (Fsp3) is 0.524. The molecular weight excluding hydrogens is 358 g/mol. The Labute approximate surface area is 166 Å². The van der Waals surface area contributed by atoms with Gasteiger partial charge >= 0.3 is 0 Å². The summed E-state index contributed by atoms with van der Waals surface area (Å²) in [6, 6.07) is 5.77. The van der Waals surface area contributed by atoms with Crippen LogP contribution in [0.15, 0.2) is 30.0 Å². The lowest BCUT2D eigenvalue weighted by Crippen LogP contribution is -2.46. The van der Waals surface area contributed by atoms with Crippen LogP contribution < -0.4 is 15.8 Å². The van der Waals surface area contributed by atoms with E-state index in [-0.39, 0.29) is 24.9 Å². The number of hydrogen-bond donors (Lipinski definition) is 2. The van der Waals surface area contributed by atoms with Gasteiger partial charge in [-0.15, -0.1) is 0 Å². The largest absolute Gasteiger partial charge is 0.383 e. The van der Waals surface area contributed by atoms with Gasteiger partial charge in [-0.05, 0) is 49.9 Å². The van der Waals surface area contributed by atoms with Crippen molar-refractivity contribution in [3.8, 4) is 0 Å². The number of benzene rings is 1. The van der Waals surface area contributed by atoms with Gasteiger partial charge in [-0.1, -0.05) is 6.08 Å². The number of amides is 1. The molecule has 0 unspecified atom stereocenters. The molecule has 7 nitrogen and oxygen atoms in total. The predicted molar refractivity (Wildman–Crippen MR) is 108 cm³/mol. The third-order valence-corrected chi connectivity index (χ3v) is 5.40. The van der Waals surface area contributed by atoms with Gasteiger partial charge in [-0.3, -0.25) is 15.0 Å². The maximum absolute atomic E-state index is 13.2. The van der Waals surface area contributed by atoms with Gasteiger partial charge in [0.1, 0.15) is 5.41 Å². The average Bonchev–Trinajstić information content (AvgIpc) is 2.80. The van der Waals surface area contributed by atoms with E-state index in [2.05, 4.69) is 10.9 Å². The lowest BCUT2D eigenvalue weighted by atomic mass is 9.83. The summed E-state index contributed by atoms with van der Waals surface area (Å²) in [4.78, 5) is 27.1.